The summed E-state index contributed by atoms with van der Waals surface area (Å²) < 4.78 is 23.4. The maximum absolute atomic E-state index is 10.8. The van der Waals surface area contributed by atoms with Crippen LogP contribution in [0.15, 0.2) is 36.7 Å². The predicted octanol–water partition coefficient (Wildman–Crippen LogP) is 0.898. The Morgan fingerprint density at radius 1 is 0.897 bits per heavy atom. The van der Waals surface area contributed by atoms with Crippen molar-refractivity contribution in [2.45, 2.75) is 6.92 Å². The van der Waals surface area contributed by atoms with E-state index in [0.717, 1.165) is 0 Å². The zero-order valence-corrected chi connectivity index (χ0v) is 16.0. The van der Waals surface area contributed by atoms with Crippen LogP contribution in [0.5, 0.6) is 23.3 Å². The quantitative estimate of drug-likeness (QED) is 0.652. The van der Waals surface area contributed by atoms with Crippen molar-refractivity contribution < 1.29 is 43.2 Å². The molecule has 0 saturated heterocycles. The van der Waals surface area contributed by atoms with Crippen molar-refractivity contribution in [1.29, 1.82) is 0 Å². The van der Waals surface area contributed by atoms with Crippen LogP contribution in [0, 0.1) is 0 Å². The van der Waals surface area contributed by atoms with Crippen LogP contribution in [-0.2, 0) is 23.9 Å². The molecular weight excluding hydrogens is 388 g/mol. The molecule has 0 radical (unpaired) electrons. The Labute approximate surface area is 166 Å². The first-order valence-electron chi connectivity index (χ1n) is 8.04. The van der Waals surface area contributed by atoms with Crippen molar-refractivity contribution in [1.82, 2.24) is 9.97 Å². The average Bonchev–Trinajstić information content (AvgIpc) is 2.72. The minimum Gasteiger partial charge on any atom is -0.503 e. The highest BCUT2D eigenvalue weighted by Gasteiger charge is 2.10. The molecule has 11 heteroatoms. The van der Waals surface area contributed by atoms with Crippen molar-refractivity contribution in [3.63, 3.8) is 0 Å². The number of ether oxygens (including phenoxy) is 5. The minimum absolute atomic E-state index is 0.0212. The summed E-state index contributed by atoms with van der Waals surface area (Å²) in [5.41, 5.74) is 0. The molecule has 2 aromatic rings. The lowest BCUT2D eigenvalue weighted by Gasteiger charge is -2.07. The number of carbonyl (C=O) groups is 3. The Morgan fingerprint density at radius 2 is 1.41 bits per heavy atom. The highest BCUT2D eigenvalue weighted by Crippen LogP contribution is 2.23. The van der Waals surface area contributed by atoms with Gasteiger partial charge in [0.1, 0.15) is 0 Å². The number of aromatic nitrogens is 2. The molecule has 0 bridgehead atoms. The van der Waals surface area contributed by atoms with Gasteiger partial charge in [0.25, 0.3) is 11.8 Å². The molecule has 156 valence electrons. The molecular formula is C18H20N2O9. The number of rotatable bonds is 7. The third-order valence-corrected chi connectivity index (χ3v) is 2.85. The number of esters is 3. The molecule has 0 atom stereocenters. The normalized spacial score (nSPS) is 9.34. The van der Waals surface area contributed by atoms with Gasteiger partial charge in [0.2, 0.25) is 0 Å². The molecule has 0 amide bonds. The van der Waals surface area contributed by atoms with Gasteiger partial charge in [-0.15, -0.1) is 0 Å². The SMILES string of the molecule is COC(=O)COc1ncccc1O.COC(=O)COc1ncccc1OC(C)=O. The van der Waals surface area contributed by atoms with E-state index in [1.54, 1.807) is 12.1 Å². The van der Waals surface area contributed by atoms with Crippen LogP contribution >= 0.6 is 0 Å². The average molecular weight is 408 g/mol. The van der Waals surface area contributed by atoms with E-state index in [-0.39, 0.29) is 36.5 Å². The summed E-state index contributed by atoms with van der Waals surface area (Å²) in [6.07, 6.45) is 2.91. The van der Waals surface area contributed by atoms with Gasteiger partial charge in [-0.3, -0.25) is 4.79 Å². The molecule has 0 aliphatic rings. The lowest BCUT2D eigenvalue weighted by Crippen LogP contribution is -2.14. The molecule has 0 unspecified atom stereocenters. The van der Waals surface area contributed by atoms with E-state index in [4.69, 9.17) is 19.3 Å². The number of aromatic hydroxyl groups is 1. The molecule has 2 rings (SSSR count). The Balaban J connectivity index is 0.000000296. The van der Waals surface area contributed by atoms with Gasteiger partial charge < -0.3 is 28.8 Å². The largest absolute Gasteiger partial charge is 0.503 e. The standard InChI is InChI=1S/C10H11NO5.C8H9NO4/c1-7(12)16-8-4-3-5-11-10(8)15-6-9(13)14-2;1-12-7(11)5-13-8-6(10)3-2-4-9-8/h3-5H,6H2,1-2H3;2-4,10H,5H2,1H3. The van der Waals surface area contributed by atoms with Crippen molar-refractivity contribution in [3.8, 4) is 23.3 Å². The van der Waals surface area contributed by atoms with E-state index in [9.17, 15) is 14.4 Å². The van der Waals surface area contributed by atoms with Gasteiger partial charge >= 0.3 is 17.9 Å². The summed E-state index contributed by atoms with van der Waals surface area (Å²) in [4.78, 5) is 39.8. The fraction of sp³-hybridized carbons (Fsp3) is 0.278. The Bertz CT molecular complexity index is 826. The molecule has 0 fully saturated rings. The second kappa shape index (κ2) is 12.5. The molecule has 0 spiro atoms. The fourth-order valence-electron chi connectivity index (χ4n) is 1.58. The lowest BCUT2D eigenvalue weighted by molar-refractivity contribution is -0.143. The summed E-state index contributed by atoms with van der Waals surface area (Å²) in [5.74, 6) is -1.40. The number of pyridine rings is 2. The smallest absolute Gasteiger partial charge is 0.343 e. The molecule has 0 saturated carbocycles. The second-order valence-electron chi connectivity index (χ2n) is 4.96. The van der Waals surface area contributed by atoms with Crippen LogP contribution in [0.3, 0.4) is 0 Å². The molecule has 29 heavy (non-hydrogen) atoms. The monoisotopic (exact) mass is 408 g/mol. The third kappa shape index (κ3) is 9.04. The van der Waals surface area contributed by atoms with Crippen LogP contribution in [0.2, 0.25) is 0 Å². The molecule has 11 nitrogen and oxygen atoms in total. The summed E-state index contributed by atoms with van der Waals surface area (Å²) in [5, 5.41) is 9.16. The van der Waals surface area contributed by atoms with Gasteiger partial charge in [-0.05, 0) is 24.3 Å². The van der Waals surface area contributed by atoms with Crippen molar-refractivity contribution in [3.05, 3.63) is 36.7 Å². The van der Waals surface area contributed by atoms with Crippen molar-refractivity contribution in [2.24, 2.45) is 0 Å². The summed E-state index contributed by atoms with van der Waals surface area (Å²) >= 11 is 0. The maximum atomic E-state index is 10.8. The van der Waals surface area contributed by atoms with Gasteiger partial charge in [0.05, 0.1) is 14.2 Å². The van der Waals surface area contributed by atoms with E-state index in [2.05, 4.69) is 19.4 Å². The first-order valence-corrected chi connectivity index (χ1v) is 8.04. The van der Waals surface area contributed by atoms with Gasteiger partial charge in [0.15, 0.2) is 24.7 Å². The third-order valence-electron chi connectivity index (χ3n) is 2.85. The van der Waals surface area contributed by atoms with Crippen LogP contribution in [0.4, 0.5) is 0 Å². The van der Waals surface area contributed by atoms with E-state index in [0.29, 0.717) is 0 Å². The number of nitrogens with zero attached hydrogens (tertiary/aromatic N) is 2. The van der Waals surface area contributed by atoms with E-state index in [1.165, 1.54) is 45.7 Å². The lowest BCUT2D eigenvalue weighted by atomic mass is 10.4. The van der Waals surface area contributed by atoms with Crippen molar-refractivity contribution in [2.75, 3.05) is 27.4 Å². The number of hydrogen-bond acceptors (Lipinski definition) is 11. The zero-order valence-electron chi connectivity index (χ0n) is 16.0. The molecule has 2 heterocycles. The van der Waals surface area contributed by atoms with Gasteiger partial charge in [-0.2, -0.15) is 0 Å². The predicted molar refractivity (Wildman–Crippen MR) is 96.5 cm³/mol. The van der Waals surface area contributed by atoms with Crippen LogP contribution in [0.1, 0.15) is 6.92 Å². The Morgan fingerprint density at radius 3 is 1.93 bits per heavy atom. The highest BCUT2D eigenvalue weighted by molar-refractivity contribution is 5.72. The first-order chi connectivity index (χ1) is 13.9. The van der Waals surface area contributed by atoms with Gasteiger partial charge in [0, 0.05) is 19.3 Å². The molecule has 1 N–H and O–H groups in total. The van der Waals surface area contributed by atoms with Gasteiger partial charge in [-0.1, -0.05) is 0 Å². The maximum Gasteiger partial charge on any atom is 0.343 e. The summed E-state index contributed by atoms with van der Waals surface area (Å²) in [6, 6.07) is 6.07. The topological polar surface area (TPSA) is 143 Å². The minimum atomic E-state index is -0.542. The fourth-order valence-corrected chi connectivity index (χ4v) is 1.58. The van der Waals surface area contributed by atoms with E-state index in [1.807, 2.05) is 0 Å². The number of carbonyl (C=O) groups excluding carboxylic acids is 3. The number of hydrogen-bond donors (Lipinski definition) is 1. The molecule has 0 aromatic carbocycles. The summed E-state index contributed by atoms with van der Waals surface area (Å²) in [6.45, 7) is 0.708. The van der Waals surface area contributed by atoms with Crippen molar-refractivity contribution >= 4 is 17.9 Å². The molecule has 0 aliphatic heterocycles. The highest BCUT2D eigenvalue weighted by atomic mass is 16.6. The Hall–Kier alpha value is -3.89. The molecule has 2 aromatic heterocycles. The van der Waals surface area contributed by atoms with Crippen LogP contribution in [0.25, 0.3) is 0 Å². The second-order valence-corrected chi connectivity index (χ2v) is 4.96. The van der Waals surface area contributed by atoms with Gasteiger partial charge in [-0.25, -0.2) is 19.6 Å². The molecule has 0 aliphatic carbocycles. The summed E-state index contributed by atoms with van der Waals surface area (Å²) in [7, 11) is 2.50. The van der Waals surface area contributed by atoms with E-state index >= 15 is 0 Å². The van der Waals surface area contributed by atoms with Crippen LogP contribution in [-0.4, -0.2) is 60.4 Å². The first kappa shape index (κ1) is 23.1. The Kier molecular flexibility index (Phi) is 9.97. The van der Waals surface area contributed by atoms with E-state index < -0.39 is 17.9 Å². The number of methoxy groups -OCH3 is 2. The zero-order chi connectivity index (χ0) is 21.6. The van der Waals surface area contributed by atoms with Crippen LogP contribution < -0.4 is 14.2 Å².